The number of nitro benzene ring substituents is 1. The number of hydrogen-bond acceptors (Lipinski definition) is 5. The molecular formula is C11H8N4O3. The van der Waals surface area contributed by atoms with E-state index in [1.54, 1.807) is 0 Å². The van der Waals surface area contributed by atoms with E-state index in [0.29, 0.717) is 11.5 Å². The maximum atomic E-state index is 11.0. The number of hydrogen-bond donors (Lipinski definition) is 1. The molecule has 2 rings (SSSR count). The van der Waals surface area contributed by atoms with Gasteiger partial charge in [-0.3, -0.25) is 14.9 Å². The van der Waals surface area contributed by atoms with Crippen LogP contribution < -0.4 is 5.43 Å². The zero-order valence-electron chi connectivity index (χ0n) is 9.11. The van der Waals surface area contributed by atoms with Crippen molar-refractivity contribution in [1.82, 2.24) is 4.98 Å². The molecule has 0 aliphatic rings. The zero-order valence-corrected chi connectivity index (χ0v) is 9.11. The molecule has 1 N–H and O–H groups in total. The first-order valence-corrected chi connectivity index (χ1v) is 5.00. The molecular weight excluding hydrogens is 236 g/mol. The van der Waals surface area contributed by atoms with Gasteiger partial charge in [0.15, 0.2) is 11.2 Å². The van der Waals surface area contributed by atoms with E-state index in [2.05, 4.69) is 15.2 Å². The van der Waals surface area contributed by atoms with E-state index in [4.69, 9.17) is 0 Å². The third-order valence-electron chi connectivity index (χ3n) is 2.09. The molecule has 18 heavy (non-hydrogen) atoms. The Morgan fingerprint density at radius 1 is 1.11 bits per heavy atom. The topological polar surface area (TPSA) is 101 Å². The summed E-state index contributed by atoms with van der Waals surface area (Å²) < 4.78 is 0. The number of nitro groups is 1. The Kier molecular flexibility index (Phi) is 3.24. The molecule has 0 saturated heterocycles. The van der Waals surface area contributed by atoms with Crippen molar-refractivity contribution < 1.29 is 4.92 Å². The Labute approximate surface area is 101 Å². The molecule has 0 aliphatic carbocycles. The zero-order chi connectivity index (χ0) is 13.0. The normalized spacial score (nSPS) is 10.7. The lowest BCUT2D eigenvalue weighted by atomic mass is 10.3. The average Bonchev–Trinajstić information content (AvgIpc) is 2.37. The van der Waals surface area contributed by atoms with E-state index in [1.165, 1.54) is 42.6 Å². The van der Waals surface area contributed by atoms with E-state index in [-0.39, 0.29) is 11.1 Å². The van der Waals surface area contributed by atoms with E-state index < -0.39 is 4.92 Å². The van der Waals surface area contributed by atoms with Gasteiger partial charge in [0, 0.05) is 30.5 Å². The molecule has 0 unspecified atom stereocenters. The standard InChI is InChI=1S/C11H8N4O3/c16-10-5-6-12-11(7-10)14-13-8-1-3-9(4-2-8)15(17)18/h1-7H,(H,12,16). The van der Waals surface area contributed by atoms with E-state index in [9.17, 15) is 14.9 Å². The van der Waals surface area contributed by atoms with Crippen molar-refractivity contribution in [2.45, 2.75) is 0 Å². The van der Waals surface area contributed by atoms with Gasteiger partial charge in [-0.2, -0.15) is 0 Å². The van der Waals surface area contributed by atoms with Crippen LogP contribution in [0.2, 0.25) is 0 Å². The summed E-state index contributed by atoms with van der Waals surface area (Å²) in [6.07, 6.45) is 1.46. The van der Waals surface area contributed by atoms with Crippen molar-refractivity contribution >= 4 is 17.2 Å². The smallest absolute Gasteiger partial charge is 0.269 e. The molecule has 0 spiro atoms. The maximum absolute atomic E-state index is 11.0. The van der Waals surface area contributed by atoms with Gasteiger partial charge in [0.1, 0.15) is 0 Å². The molecule has 0 radical (unpaired) electrons. The minimum Gasteiger partial charge on any atom is -0.345 e. The van der Waals surface area contributed by atoms with Crippen LogP contribution in [-0.2, 0) is 0 Å². The third-order valence-corrected chi connectivity index (χ3v) is 2.09. The fourth-order valence-corrected chi connectivity index (χ4v) is 1.24. The van der Waals surface area contributed by atoms with Crippen molar-refractivity contribution in [1.29, 1.82) is 0 Å². The van der Waals surface area contributed by atoms with Gasteiger partial charge < -0.3 is 4.98 Å². The summed E-state index contributed by atoms with van der Waals surface area (Å²) >= 11 is 0. The quantitative estimate of drug-likeness (QED) is 0.510. The highest BCUT2D eigenvalue weighted by molar-refractivity contribution is 5.44. The Balaban J connectivity index is 2.19. The summed E-state index contributed by atoms with van der Waals surface area (Å²) in [6.45, 7) is 0. The van der Waals surface area contributed by atoms with Gasteiger partial charge in [-0.25, -0.2) is 0 Å². The monoisotopic (exact) mass is 244 g/mol. The molecule has 1 aromatic carbocycles. The summed E-state index contributed by atoms with van der Waals surface area (Å²) in [5.74, 6) is 0.320. The van der Waals surface area contributed by atoms with Gasteiger partial charge in [0.25, 0.3) is 5.69 Å². The van der Waals surface area contributed by atoms with Crippen molar-refractivity contribution in [3.05, 3.63) is 62.9 Å². The minimum absolute atomic E-state index is 0.0120. The van der Waals surface area contributed by atoms with Crippen LogP contribution in [0.15, 0.2) is 57.6 Å². The number of nitrogens with zero attached hydrogens (tertiary/aromatic N) is 3. The van der Waals surface area contributed by atoms with Crippen LogP contribution >= 0.6 is 0 Å². The number of nitrogens with one attached hydrogen (secondary N) is 1. The molecule has 0 aliphatic heterocycles. The predicted molar refractivity (Wildman–Crippen MR) is 64.3 cm³/mol. The summed E-state index contributed by atoms with van der Waals surface area (Å²) in [5.41, 5.74) is 0.277. The number of aromatic amines is 1. The lowest BCUT2D eigenvalue weighted by Crippen LogP contribution is -1.94. The van der Waals surface area contributed by atoms with Gasteiger partial charge >= 0.3 is 0 Å². The van der Waals surface area contributed by atoms with Gasteiger partial charge in [-0.05, 0) is 12.1 Å². The molecule has 90 valence electrons. The number of pyridine rings is 1. The van der Waals surface area contributed by atoms with Crippen LogP contribution in [0.4, 0.5) is 17.2 Å². The van der Waals surface area contributed by atoms with Gasteiger partial charge in [-0.1, -0.05) is 0 Å². The average molecular weight is 244 g/mol. The van der Waals surface area contributed by atoms with Crippen LogP contribution in [0.5, 0.6) is 0 Å². The van der Waals surface area contributed by atoms with Crippen LogP contribution in [0.25, 0.3) is 0 Å². The Morgan fingerprint density at radius 3 is 2.44 bits per heavy atom. The molecule has 2 aromatic rings. The van der Waals surface area contributed by atoms with Crippen LogP contribution in [0.1, 0.15) is 0 Å². The Hall–Kier alpha value is -2.83. The minimum atomic E-state index is -0.490. The van der Waals surface area contributed by atoms with Gasteiger partial charge in [-0.15, -0.1) is 10.2 Å². The van der Waals surface area contributed by atoms with Crippen molar-refractivity contribution in [3.8, 4) is 0 Å². The van der Waals surface area contributed by atoms with Crippen molar-refractivity contribution in [2.75, 3.05) is 0 Å². The summed E-state index contributed by atoms with van der Waals surface area (Å²) in [5, 5.41) is 18.1. The lowest BCUT2D eigenvalue weighted by Gasteiger charge is -1.93. The predicted octanol–water partition coefficient (Wildman–Crippen LogP) is 2.70. The van der Waals surface area contributed by atoms with Crippen LogP contribution in [-0.4, -0.2) is 9.91 Å². The van der Waals surface area contributed by atoms with Gasteiger partial charge in [0.05, 0.1) is 10.6 Å². The third kappa shape index (κ3) is 2.85. The Morgan fingerprint density at radius 2 is 1.83 bits per heavy atom. The van der Waals surface area contributed by atoms with E-state index in [1.807, 2.05) is 0 Å². The first kappa shape index (κ1) is 11.6. The van der Waals surface area contributed by atoms with Crippen molar-refractivity contribution in [2.24, 2.45) is 10.2 Å². The first-order valence-electron chi connectivity index (χ1n) is 5.00. The second-order valence-electron chi connectivity index (χ2n) is 3.38. The highest BCUT2D eigenvalue weighted by atomic mass is 16.6. The van der Waals surface area contributed by atoms with E-state index in [0.717, 1.165) is 0 Å². The molecule has 0 bridgehead atoms. The largest absolute Gasteiger partial charge is 0.345 e. The Bertz CT molecular complexity index is 646. The van der Waals surface area contributed by atoms with Crippen LogP contribution in [0.3, 0.4) is 0 Å². The number of H-pyrrole nitrogens is 1. The highest BCUT2D eigenvalue weighted by Crippen LogP contribution is 2.19. The SMILES string of the molecule is O=c1cc[nH]c(N=Nc2ccc([N+](=O)[O-])cc2)c1. The van der Waals surface area contributed by atoms with Gasteiger partial charge in [0.2, 0.25) is 0 Å². The fourth-order valence-electron chi connectivity index (χ4n) is 1.24. The lowest BCUT2D eigenvalue weighted by molar-refractivity contribution is -0.384. The number of rotatable bonds is 3. The summed E-state index contributed by atoms with van der Waals surface area (Å²) in [6, 6.07) is 8.29. The number of benzene rings is 1. The number of azo groups is 1. The van der Waals surface area contributed by atoms with E-state index >= 15 is 0 Å². The number of aromatic nitrogens is 1. The second-order valence-corrected chi connectivity index (χ2v) is 3.38. The number of non-ortho nitro benzene ring substituents is 1. The van der Waals surface area contributed by atoms with Crippen LogP contribution in [0, 0.1) is 10.1 Å². The molecule has 0 fully saturated rings. The fraction of sp³-hybridized carbons (Fsp3) is 0. The van der Waals surface area contributed by atoms with Crippen molar-refractivity contribution in [3.63, 3.8) is 0 Å². The molecule has 7 heteroatoms. The molecule has 0 atom stereocenters. The maximum Gasteiger partial charge on any atom is 0.269 e. The second kappa shape index (κ2) is 5.00. The first-order chi connectivity index (χ1) is 8.65. The summed E-state index contributed by atoms with van der Waals surface area (Å²) in [4.78, 5) is 23.7. The molecule has 1 heterocycles. The molecule has 0 saturated carbocycles. The summed E-state index contributed by atoms with van der Waals surface area (Å²) in [7, 11) is 0. The highest BCUT2D eigenvalue weighted by Gasteiger charge is 2.02. The molecule has 7 nitrogen and oxygen atoms in total. The molecule has 1 aromatic heterocycles. The molecule has 0 amide bonds.